The van der Waals surface area contributed by atoms with Gasteiger partial charge in [0.2, 0.25) is 0 Å². The third-order valence-corrected chi connectivity index (χ3v) is 6.20. The van der Waals surface area contributed by atoms with Crippen molar-refractivity contribution in [2.24, 2.45) is 0 Å². The fraction of sp³-hybridized carbons (Fsp3) is 0.310. The van der Waals surface area contributed by atoms with Gasteiger partial charge in [-0.15, -0.1) is 0 Å². The molecule has 3 aromatic carbocycles. The van der Waals surface area contributed by atoms with Crippen LogP contribution >= 0.6 is 0 Å². The van der Waals surface area contributed by atoms with Crippen molar-refractivity contribution in [2.45, 2.75) is 32.1 Å². The molecule has 0 aromatic heterocycles. The molecule has 0 radical (unpaired) electrons. The molecule has 3 aromatic rings. The third-order valence-electron chi connectivity index (χ3n) is 5.39. The van der Waals surface area contributed by atoms with Crippen LogP contribution in [0.1, 0.15) is 37.7 Å². The van der Waals surface area contributed by atoms with Crippen LogP contribution < -0.4 is 18.9 Å². The van der Waals surface area contributed by atoms with Crippen LogP contribution in [-0.2, 0) is 10.1 Å². The zero-order chi connectivity index (χ0) is 26.3. The highest BCUT2D eigenvalue weighted by Crippen LogP contribution is 2.24. The van der Waals surface area contributed by atoms with E-state index < -0.39 is 10.1 Å². The van der Waals surface area contributed by atoms with Gasteiger partial charge in [0.25, 0.3) is 10.1 Å². The minimum Gasteiger partial charge on any atom is -0.494 e. The van der Waals surface area contributed by atoms with Crippen LogP contribution in [0, 0.1) is 0 Å². The fourth-order valence-corrected chi connectivity index (χ4v) is 3.90. The molecule has 0 saturated heterocycles. The van der Waals surface area contributed by atoms with Gasteiger partial charge in [-0.2, -0.15) is 8.42 Å². The van der Waals surface area contributed by atoms with Crippen molar-refractivity contribution in [3.63, 3.8) is 0 Å². The van der Waals surface area contributed by atoms with Gasteiger partial charge in [-0.3, -0.25) is 4.55 Å². The van der Waals surface area contributed by atoms with Gasteiger partial charge in [0, 0.05) is 0 Å². The smallest absolute Gasteiger partial charge is 0.264 e. The van der Waals surface area contributed by atoms with E-state index in [1.165, 1.54) is 0 Å². The minimum absolute atomic E-state index is 0.217. The highest BCUT2D eigenvalue weighted by Gasteiger charge is 2.04. The van der Waals surface area contributed by atoms with Gasteiger partial charge in [0.1, 0.15) is 28.7 Å². The third kappa shape index (κ3) is 11.4. The summed E-state index contributed by atoms with van der Waals surface area (Å²) in [5.74, 6) is 3.44. The maximum absolute atomic E-state index is 10.7. The second-order valence-electron chi connectivity index (χ2n) is 8.42. The zero-order valence-corrected chi connectivity index (χ0v) is 21.7. The molecule has 0 saturated carbocycles. The first kappa shape index (κ1) is 28.1. The summed E-state index contributed by atoms with van der Waals surface area (Å²) in [5.41, 5.74) is 1.05. The molecule has 8 heteroatoms. The predicted octanol–water partition coefficient (Wildman–Crippen LogP) is 6.80. The van der Waals surface area contributed by atoms with Crippen LogP contribution in [0.2, 0.25) is 0 Å². The van der Waals surface area contributed by atoms with Crippen molar-refractivity contribution >= 4 is 16.2 Å². The molecule has 0 amide bonds. The van der Waals surface area contributed by atoms with Gasteiger partial charge in [-0.1, -0.05) is 24.8 Å². The molecule has 1 N–H and O–H groups in total. The SMILES string of the molecule is C=Cc1ccc(Oc2ccc(OCCCCCCOc3ccc(OCCCS(=O)(=O)O)cc3)cc2)cc1. The largest absolute Gasteiger partial charge is 0.494 e. The van der Waals surface area contributed by atoms with Gasteiger partial charge < -0.3 is 18.9 Å². The van der Waals surface area contributed by atoms with Gasteiger partial charge in [-0.25, -0.2) is 0 Å². The van der Waals surface area contributed by atoms with Gasteiger partial charge >= 0.3 is 0 Å². The Morgan fingerprint density at radius 3 is 1.38 bits per heavy atom. The van der Waals surface area contributed by atoms with E-state index in [9.17, 15) is 8.42 Å². The van der Waals surface area contributed by atoms with Crippen molar-refractivity contribution in [3.05, 3.63) is 84.9 Å². The molecule has 0 spiro atoms. The standard InChI is InChI=1S/C29H34O7S/c1-2-24-8-10-28(11-9-24)36-29-18-16-27(17-19-29)34-21-6-4-3-5-20-33-25-12-14-26(15-13-25)35-22-7-23-37(30,31)32/h2,8-19H,1,3-7,20-23H2,(H,30,31,32). The second kappa shape index (κ2) is 14.9. The van der Waals surface area contributed by atoms with Gasteiger partial charge in [0.05, 0.1) is 25.6 Å². The Labute approximate surface area is 219 Å². The molecular weight excluding hydrogens is 492 g/mol. The lowest BCUT2D eigenvalue weighted by molar-refractivity contribution is 0.286. The Morgan fingerprint density at radius 1 is 0.595 bits per heavy atom. The lowest BCUT2D eigenvalue weighted by atomic mass is 10.2. The summed E-state index contributed by atoms with van der Waals surface area (Å²) >= 11 is 0. The van der Waals surface area contributed by atoms with Crippen molar-refractivity contribution in [3.8, 4) is 28.7 Å². The molecule has 0 fully saturated rings. The van der Waals surface area contributed by atoms with Crippen molar-refractivity contribution in [1.29, 1.82) is 0 Å². The summed E-state index contributed by atoms with van der Waals surface area (Å²) in [4.78, 5) is 0. The zero-order valence-electron chi connectivity index (χ0n) is 20.9. The lowest BCUT2D eigenvalue weighted by Gasteiger charge is -2.09. The molecule has 0 aliphatic carbocycles. The molecule has 0 heterocycles. The van der Waals surface area contributed by atoms with Gasteiger partial charge in [0.15, 0.2) is 0 Å². The molecule has 0 atom stereocenters. The Morgan fingerprint density at radius 2 is 0.973 bits per heavy atom. The molecule has 3 rings (SSSR count). The summed E-state index contributed by atoms with van der Waals surface area (Å²) in [5, 5.41) is 0. The monoisotopic (exact) mass is 526 g/mol. The summed E-state index contributed by atoms with van der Waals surface area (Å²) in [7, 11) is -3.94. The van der Waals surface area contributed by atoms with Crippen molar-refractivity contribution < 1.29 is 31.9 Å². The van der Waals surface area contributed by atoms with Crippen LogP contribution in [0.3, 0.4) is 0 Å². The van der Waals surface area contributed by atoms with Crippen molar-refractivity contribution in [1.82, 2.24) is 0 Å². The highest BCUT2D eigenvalue weighted by atomic mass is 32.2. The van der Waals surface area contributed by atoms with E-state index in [1.807, 2.05) is 60.7 Å². The Balaban J connectivity index is 1.21. The summed E-state index contributed by atoms with van der Waals surface area (Å²) in [6.07, 6.45) is 6.06. The summed E-state index contributed by atoms with van der Waals surface area (Å²) < 4.78 is 53.0. The molecule has 0 bridgehead atoms. The molecule has 0 aliphatic rings. The fourth-order valence-electron chi connectivity index (χ4n) is 3.41. The number of benzene rings is 3. The average Bonchev–Trinajstić information content (AvgIpc) is 2.90. The molecular formula is C29H34O7S. The Hall–Kier alpha value is -3.49. The molecule has 0 aliphatic heterocycles. The number of rotatable bonds is 17. The van der Waals surface area contributed by atoms with E-state index in [0.29, 0.717) is 19.0 Å². The minimum atomic E-state index is -3.94. The quantitative estimate of drug-likeness (QED) is 0.153. The number of hydrogen-bond acceptors (Lipinski definition) is 6. The first-order valence-corrected chi connectivity index (χ1v) is 14.0. The molecule has 7 nitrogen and oxygen atoms in total. The maximum atomic E-state index is 10.7. The Kier molecular flexibility index (Phi) is 11.3. The number of hydrogen-bond donors (Lipinski definition) is 1. The topological polar surface area (TPSA) is 91.3 Å². The van der Waals surface area contributed by atoms with Crippen LogP contribution in [0.4, 0.5) is 0 Å². The van der Waals surface area contributed by atoms with Crippen molar-refractivity contribution in [2.75, 3.05) is 25.6 Å². The Bertz CT molecular complexity index is 1170. The normalized spacial score (nSPS) is 11.1. The van der Waals surface area contributed by atoms with E-state index in [1.54, 1.807) is 18.2 Å². The van der Waals surface area contributed by atoms with Gasteiger partial charge in [-0.05, 0) is 98.3 Å². The summed E-state index contributed by atoms with van der Waals surface area (Å²) in [6, 6.07) is 22.6. The molecule has 198 valence electrons. The average molecular weight is 527 g/mol. The van der Waals surface area contributed by atoms with Crippen LogP contribution in [-0.4, -0.2) is 38.5 Å². The van der Waals surface area contributed by atoms with E-state index in [-0.39, 0.29) is 18.8 Å². The highest BCUT2D eigenvalue weighted by molar-refractivity contribution is 7.85. The van der Waals surface area contributed by atoms with E-state index in [4.69, 9.17) is 23.5 Å². The van der Waals surface area contributed by atoms with Crippen LogP contribution in [0.5, 0.6) is 28.7 Å². The van der Waals surface area contributed by atoms with Crippen LogP contribution in [0.25, 0.3) is 6.08 Å². The summed E-state index contributed by atoms with van der Waals surface area (Å²) in [6.45, 7) is 5.26. The van der Waals surface area contributed by atoms with Crippen LogP contribution in [0.15, 0.2) is 79.4 Å². The number of unbranched alkanes of at least 4 members (excludes halogenated alkanes) is 3. The van der Waals surface area contributed by atoms with E-state index >= 15 is 0 Å². The second-order valence-corrected chi connectivity index (χ2v) is 9.99. The van der Waals surface area contributed by atoms with E-state index in [2.05, 4.69) is 6.58 Å². The molecule has 37 heavy (non-hydrogen) atoms. The first-order chi connectivity index (χ1) is 17.9. The molecule has 0 unspecified atom stereocenters. The van der Waals surface area contributed by atoms with E-state index in [0.717, 1.165) is 54.2 Å². The lowest BCUT2D eigenvalue weighted by Crippen LogP contribution is -2.08. The predicted molar refractivity (Wildman–Crippen MR) is 145 cm³/mol. The first-order valence-electron chi connectivity index (χ1n) is 12.4. The maximum Gasteiger partial charge on any atom is 0.264 e. The number of ether oxygens (including phenoxy) is 4.